The molecule has 1 aromatic carbocycles. The molecule has 0 unspecified atom stereocenters. The maximum Gasteiger partial charge on any atom is 0.0993 e. The van der Waals surface area contributed by atoms with Crippen molar-refractivity contribution in [3.05, 3.63) is 42.0 Å². The summed E-state index contributed by atoms with van der Waals surface area (Å²) in [7, 11) is 0. The molecule has 0 spiro atoms. The molecule has 0 bridgehead atoms. The van der Waals surface area contributed by atoms with Crippen LogP contribution >= 0.6 is 0 Å². The summed E-state index contributed by atoms with van der Waals surface area (Å²) in [6, 6.07) is 11.1. The average Bonchev–Trinajstić information content (AvgIpc) is 2.80. The SMILES string of the molecule is C(=C\[C@@H]1C[C@H]2CCCCN2O1)/c1ccccc1. The molecule has 3 rings (SSSR count). The molecule has 0 aliphatic carbocycles. The van der Waals surface area contributed by atoms with E-state index >= 15 is 0 Å². The van der Waals surface area contributed by atoms with Gasteiger partial charge < -0.3 is 0 Å². The van der Waals surface area contributed by atoms with Crippen molar-refractivity contribution in [1.82, 2.24) is 5.06 Å². The Morgan fingerprint density at radius 2 is 2.06 bits per heavy atom. The molecule has 2 nitrogen and oxygen atoms in total. The number of rotatable bonds is 2. The standard InChI is InChI=1S/C15H19NO/c1-2-6-13(7-3-1)9-10-15-12-14-8-4-5-11-16(14)17-15/h1-3,6-7,9-10,14-15H,4-5,8,11-12H2/b10-9+/t14-,15-/m1/s1. The van der Waals surface area contributed by atoms with Gasteiger partial charge in [0.05, 0.1) is 6.10 Å². The van der Waals surface area contributed by atoms with Crippen molar-refractivity contribution in [1.29, 1.82) is 0 Å². The molecule has 0 radical (unpaired) electrons. The first kappa shape index (κ1) is 11.0. The van der Waals surface area contributed by atoms with E-state index in [4.69, 9.17) is 4.84 Å². The van der Waals surface area contributed by atoms with E-state index < -0.39 is 0 Å². The molecule has 0 N–H and O–H groups in total. The zero-order chi connectivity index (χ0) is 11.5. The molecular formula is C15H19NO. The molecule has 0 aromatic heterocycles. The molecule has 2 aliphatic heterocycles. The molecule has 17 heavy (non-hydrogen) atoms. The van der Waals surface area contributed by atoms with Crippen LogP contribution in [0.5, 0.6) is 0 Å². The van der Waals surface area contributed by atoms with E-state index in [0.717, 1.165) is 13.0 Å². The van der Waals surface area contributed by atoms with Crippen LogP contribution in [0, 0.1) is 0 Å². The lowest BCUT2D eigenvalue weighted by molar-refractivity contribution is -0.160. The Balaban J connectivity index is 1.61. The molecule has 2 heteroatoms. The number of benzene rings is 1. The van der Waals surface area contributed by atoms with Crippen molar-refractivity contribution in [2.45, 2.75) is 37.8 Å². The van der Waals surface area contributed by atoms with Gasteiger partial charge in [0.15, 0.2) is 0 Å². The van der Waals surface area contributed by atoms with Crippen molar-refractivity contribution in [2.24, 2.45) is 0 Å². The maximum atomic E-state index is 5.93. The van der Waals surface area contributed by atoms with Crippen LogP contribution in [0.15, 0.2) is 36.4 Å². The van der Waals surface area contributed by atoms with Crippen LogP contribution in [0.25, 0.3) is 6.08 Å². The molecule has 0 amide bonds. The molecule has 2 heterocycles. The summed E-state index contributed by atoms with van der Waals surface area (Å²) in [6.07, 6.45) is 9.75. The van der Waals surface area contributed by atoms with E-state index in [0.29, 0.717) is 6.04 Å². The Hall–Kier alpha value is -1.12. The quantitative estimate of drug-likeness (QED) is 0.771. The first-order chi connectivity index (χ1) is 8.42. The van der Waals surface area contributed by atoms with E-state index in [-0.39, 0.29) is 6.10 Å². The molecular weight excluding hydrogens is 210 g/mol. The summed E-state index contributed by atoms with van der Waals surface area (Å²) in [4.78, 5) is 5.93. The molecule has 90 valence electrons. The molecule has 2 saturated heterocycles. The van der Waals surface area contributed by atoms with E-state index in [1.165, 1.54) is 24.8 Å². The second-order valence-corrected chi connectivity index (χ2v) is 4.94. The van der Waals surface area contributed by atoms with Crippen LogP contribution in [0.1, 0.15) is 31.2 Å². The third-order valence-electron chi connectivity index (χ3n) is 3.65. The predicted octanol–water partition coefficient (Wildman–Crippen LogP) is 3.26. The van der Waals surface area contributed by atoms with Crippen LogP contribution in [0.4, 0.5) is 0 Å². The number of piperidine rings is 1. The Morgan fingerprint density at radius 1 is 1.18 bits per heavy atom. The van der Waals surface area contributed by atoms with E-state index in [2.05, 4.69) is 41.5 Å². The predicted molar refractivity (Wildman–Crippen MR) is 69.3 cm³/mol. The third-order valence-corrected chi connectivity index (χ3v) is 3.65. The average molecular weight is 229 g/mol. The highest BCUT2D eigenvalue weighted by Gasteiger charge is 2.33. The van der Waals surface area contributed by atoms with E-state index in [9.17, 15) is 0 Å². The van der Waals surface area contributed by atoms with Crippen LogP contribution in [-0.4, -0.2) is 23.8 Å². The summed E-state index contributed by atoms with van der Waals surface area (Å²) in [6.45, 7) is 1.11. The van der Waals surface area contributed by atoms with E-state index in [1.807, 2.05) is 6.07 Å². The Bertz CT molecular complexity index is 373. The van der Waals surface area contributed by atoms with Gasteiger partial charge >= 0.3 is 0 Å². The fraction of sp³-hybridized carbons (Fsp3) is 0.467. The largest absolute Gasteiger partial charge is 0.291 e. The van der Waals surface area contributed by atoms with Crippen LogP contribution in [0.3, 0.4) is 0 Å². The van der Waals surface area contributed by atoms with Crippen molar-refractivity contribution >= 4 is 6.08 Å². The van der Waals surface area contributed by atoms with Gasteiger partial charge in [0.2, 0.25) is 0 Å². The van der Waals surface area contributed by atoms with Crippen molar-refractivity contribution < 1.29 is 4.84 Å². The lowest BCUT2D eigenvalue weighted by atomic mass is 10.00. The summed E-state index contributed by atoms with van der Waals surface area (Å²) >= 11 is 0. The van der Waals surface area contributed by atoms with E-state index in [1.54, 1.807) is 0 Å². The molecule has 1 aromatic rings. The normalized spacial score (nSPS) is 29.6. The maximum absolute atomic E-state index is 5.93. The first-order valence-corrected chi connectivity index (χ1v) is 6.58. The minimum absolute atomic E-state index is 0.276. The summed E-state index contributed by atoms with van der Waals surface area (Å²) in [5.74, 6) is 0. The minimum atomic E-state index is 0.276. The topological polar surface area (TPSA) is 12.5 Å². The Labute approximate surface area is 103 Å². The van der Waals surface area contributed by atoms with Gasteiger partial charge in [0, 0.05) is 12.6 Å². The molecule has 2 fully saturated rings. The Kier molecular flexibility index (Phi) is 3.25. The van der Waals surface area contributed by atoms with Gasteiger partial charge in [0.1, 0.15) is 0 Å². The van der Waals surface area contributed by atoms with Crippen LogP contribution < -0.4 is 0 Å². The monoisotopic (exact) mass is 229 g/mol. The highest BCUT2D eigenvalue weighted by molar-refractivity contribution is 5.49. The highest BCUT2D eigenvalue weighted by Crippen LogP contribution is 2.29. The molecule has 2 atom stereocenters. The van der Waals surface area contributed by atoms with Gasteiger partial charge in [-0.25, -0.2) is 0 Å². The summed E-state index contributed by atoms with van der Waals surface area (Å²) in [5.41, 5.74) is 1.25. The first-order valence-electron chi connectivity index (χ1n) is 6.58. The number of hydrogen-bond donors (Lipinski definition) is 0. The van der Waals surface area contributed by atoms with Crippen molar-refractivity contribution in [3.63, 3.8) is 0 Å². The second-order valence-electron chi connectivity index (χ2n) is 4.94. The molecule has 0 saturated carbocycles. The Morgan fingerprint density at radius 3 is 2.88 bits per heavy atom. The fourth-order valence-corrected chi connectivity index (χ4v) is 2.73. The zero-order valence-electron chi connectivity index (χ0n) is 10.1. The highest BCUT2D eigenvalue weighted by atomic mass is 16.7. The van der Waals surface area contributed by atoms with Crippen LogP contribution in [0.2, 0.25) is 0 Å². The van der Waals surface area contributed by atoms with Gasteiger partial charge in [-0.3, -0.25) is 4.84 Å². The number of hydroxylamine groups is 2. The number of hydrogen-bond acceptors (Lipinski definition) is 2. The zero-order valence-corrected chi connectivity index (χ0v) is 10.1. The third kappa shape index (κ3) is 2.59. The summed E-state index contributed by atoms with van der Waals surface area (Å²) < 4.78 is 0. The van der Waals surface area contributed by atoms with Gasteiger partial charge in [-0.2, -0.15) is 5.06 Å². The van der Waals surface area contributed by atoms with Gasteiger partial charge in [-0.15, -0.1) is 0 Å². The fourth-order valence-electron chi connectivity index (χ4n) is 2.73. The van der Waals surface area contributed by atoms with Crippen LogP contribution in [-0.2, 0) is 4.84 Å². The number of nitrogens with zero attached hydrogens (tertiary/aromatic N) is 1. The number of fused-ring (bicyclic) bond motifs is 1. The summed E-state index contributed by atoms with van der Waals surface area (Å²) in [5, 5.41) is 2.20. The smallest absolute Gasteiger partial charge is 0.0993 e. The van der Waals surface area contributed by atoms with Crippen molar-refractivity contribution in [2.75, 3.05) is 6.54 Å². The van der Waals surface area contributed by atoms with Gasteiger partial charge in [-0.1, -0.05) is 48.9 Å². The lowest BCUT2D eigenvalue weighted by Gasteiger charge is -2.26. The van der Waals surface area contributed by atoms with Gasteiger partial charge in [0.25, 0.3) is 0 Å². The van der Waals surface area contributed by atoms with Crippen molar-refractivity contribution in [3.8, 4) is 0 Å². The van der Waals surface area contributed by atoms with Gasteiger partial charge in [-0.05, 0) is 24.8 Å². The minimum Gasteiger partial charge on any atom is -0.291 e. The second kappa shape index (κ2) is 5.03. The lowest BCUT2D eigenvalue weighted by Crippen LogP contribution is -2.32. The molecule has 2 aliphatic rings.